The molecule has 0 heterocycles. The molecular weight excluding hydrogens is 197 g/mol. The molecular formula is C8H11Cl2NO. The Kier molecular flexibility index (Phi) is 4.00. The van der Waals surface area contributed by atoms with E-state index in [0.29, 0.717) is 10.6 Å². The average molecular weight is 208 g/mol. The van der Waals surface area contributed by atoms with Gasteiger partial charge in [-0.3, -0.25) is 0 Å². The fourth-order valence-electron chi connectivity index (χ4n) is 0.803. The van der Waals surface area contributed by atoms with E-state index in [1.165, 1.54) is 6.92 Å². The highest BCUT2D eigenvalue weighted by Gasteiger charge is 2.15. The maximum absolute atomic E-state index is 9.33. The number of hydrogen-bond donors (Lipinski definition) is 2. The van der Waals surface area contributed by atoms with Crippen molar-refractivity contribution in [2.45, 2.75) is 12.6 Å². The van der Waals surface area contributed by atoms with Crippen LogP contribution < -0.4 is 5.73 Å². The highest BCUT2D eigenvalue weighted by atomic mass is 35.5. The maximum atomic E-state index is 9.33. The molecule has 1 rings (SSSR count). The highest BCUT2D eigenvalue weighted by Crippen LogP contribution is 2.18. The Balaban J connectivity index is 0.00000121. The van der Waals surface area contributed by atoms with Crippen molar-refractivity contribution in [2.24, 2.45) is 5.73 Å². The molecule has 0 saturated heterocycles. The van der Waals surface area contributed by atoms with Gasteiger partial charge in [0.1, 0.15) is 5.72 Å². The van der Waals surface area contributed by atoms with Gasteiger partial charge in [-0.1, -0.05) is 23.7 Å². The molecule has 0 saturated carbocycles. The van der Waals surface area contributed by atoms with Crippen LogP contribution in [-0.2, 0) is 5.72 Å². The molecule has 1 aromatic rings. The third-order valence-electron chi connectivity index (χ3n) is 1.41. The lowest BCUT2D eigenvalue weighted by Gasteiger charge is -2.17. The summed E-state index contributed by atoms with van der Waals surface area (Å²) >= 11 is 5.68. The molecule has 68 valence electrons. The van der Waals surface area contributed by atoms with Gasteiger partial charge in [0, 0.05) is 5.02 Å². The normalized spacial score (nSPS) is 14.7. The van der Waals surface area contributed by atoms with Crippen molar-refractivity contribution in [3.05, 3.63) is 34.9 Å². The molecule has 1 aromatic carbocycles. The SMILES string of the molecule is CC(N)(O)c1cccc(Cl)c1.Cl. The van der Waals surface area contributed by atoms with E-state index in [1.807, 2.05) is 0 Å². The molecule has 0 aliphatic rings. The Bertz CT molecular complexity index is 257. The van der Waals surface area contributed by atoms with Crippen molar-refractivity contribution < 1.29 is 5.11 Å². The van der Waals surface area contributed by atoms with Gasteiger partial charge in [-0.05, 0) is 24.6 Å². The van der Waals surface area contributed by atoms with E-state index in [0.717, 1.165) is 0 Å². The Labute approximate surface area is 82.8 Å². The maximum Gasteiger partial charge on any atom is 0.136 e. The first-order valence-corrected chi connectivity index (χ1v) is 3.65. The van der Waals surface area contributed by atoms with Gasteiger partial charge in [0.05, 0.1) is 0 Å². The summed E-state index contributed by atoms with van der Waals surface area (Å²) in [4.78, 5) is 0. The lowest BCUT2D eigenvalue weighted by molar-refractivity contribution is 0.0647. The molecule has 12 heavy (non-hydrogen) atoms. The predicted molar refractivity (Wildman–Crippen MR) is 52.5 cm³/mol. The predicted octanol–water partition coefficient (Wildman–Crippen LogP) is 1.89. The number of aliphatic hydroxyl groups is 1. The zero-order chi connectivity index (χ0) is 8.48. The van der Waals surface area contributed by atoms with Crippen LogP contribution in [0.25, 0.3) is 0 Å². The fourth-order valence-corrected chi connectivity index (χ4v) is 0.994. The first kappa shape index (κ1) is 11.7. The van der Waals surface area contributed by atoms with Crippen LogP contribution in [0.2, 0.25) is 5.02 Å². The summed E-state index contributed by atoms with van der Waals surface area (Å²) in [7, 11) is 0. The van der Waals surface area contributed by atoms with Crippen molar-refractivity contribution in [1.29, 1.82) is 0 Å². The van der Waals surface area contributed by atoms with E-state index in [4.69, 9.17) is 17.3 Å². The summed E-state index contributed by atoms with van der Waals surface area (Å²) in [5, 5.41) is 9.91. The highest BCUT2D eigenvalue weighted by molar-refractivity contribution is 6.30. The Morgan fingerprint density at radius 3 is 2.42 bits per heavy atom. The lowest BCUT2D eigenvalue weighted by atomic mass is 10.1. The summed E-state index contributed by atoms with van der Waals surface area (Å²) in [6.45, 7) is 1.51. The smallest absolute Gasteiger partial charge is 0.136 e. The minimum absolute atomic E-state index is 0. The minimum Gasteiger partial charge on any atom is -0.372 e. The van der Waals surface area contributed by atoms with Crippen molar-refractivity contribution >= 4 is 24.0 Å². The number of nitrogens with two attached hydrogens (primary N) is 1. The first-order valence-electron chi connectivity index (χ1n) is 3.27. The number of halogens is 2. The molecule has 0 radical (unpaired) electrons. The standard InChI is InChI=1S/C8H10ClNO.ClH/c1-8(10,11)6-3-2-4-7(9)5-6;/h2-5,11H,10H2,1H3;1H. The summed E-state index contributed by atoms with van der Waals surface area (Å²) in [6.07, 6.45) is 0. The summed E-state index contributed by atoms with van der Waals surface area (Å²) in [6, 6.07) is 6.85. The summed E-state index contributed by atoms with van der Waals surface area (Å²) < 4.78 is 0. The van der Waals surface area contributed by atoms with Crippen LogP contribution in [-0.4, -0.2) is 5.11 Å². The molecule has 1 atom stereocenters. The van der Waals surface area contributed by atoms with Gasteiger partial charge in [-0.15, -0.1) is 12.4 Å². The van der Waals surface area contributed by atoms with Crippen molar-refractivity contribution in [2.75, 3.05) is 0 Å². The topological polar surface area (TPSA) is 46.2 Å². The van der Waals surface area contributed by atoms with Crippen LogP contribution in [0.5, 0.6) is 0 Å². The van der Waals surface area contributed by atoms with E-state index in [1.54, 1.807) is 24.3 Å². The molecule has 0 aliphatic carbocycles. The largest absolute Gasteiger partial charge is 0.372 e. The number of hydrogen-bond acceptors (Lipinski definition) is 2. The molecule has 0 spiro atoms. The van der Waals surface area contributed by atoms with Crippen molar-refractivity contribution in [3.8, 4) is 0 Å². The van der Waals surface area contributed by atoms with Crippen LogP contribution in [0.1, 0.15) is 12.5 Å². The molecule has 0 fully saturated rings. The average Bonchev–Trinajstić information content (AvgIpc) is 1.86. The Hall–Kier alpha value is -0.280. The second kappa shape index (κ2) is 4.10. The van der Waals surface area contributed by atoms with E-state index < -0.39 is 5.72 Å². The summed E-state index contributed by atoms with van der Waals surface area (Å²) in [5.74, 6) is 0. The van der Waals surface area contributed by atoms with Crippen LogP contribution in [0.3, 0.4) is 0 Å². The fraction of sp³-hybridized carbons (Fsp3) is 0.250. The molecule has 0 bridgehead atoms. The second-order valence-electron chi connectivity index (χ2n) is 2.66. The Morgan fingerprint density at radius 1 is 1.50 bits per heavy atom. The quantitative estimate of drug-likeness (QED) is 0.692. The van der Waals surface area contributed by atoms with Crippen LogP contribution >= 0.6 is 24.0 Å². The Morgan fingerprint density at radius 2 is 2.08 bits per heavy atom. The van der Waals surface area contributed by atoms with Crippen molar-refractivity contribution in [1.82, 2.24) is 0 Å². The zero-order valence-corrected chi connectivity index (χ0v) is 8.19. The van der Waals surface area contributed by atoms with Gasteiger partial charge in [-0.2, -0.15) is 0 Å². The third kappa shape index (κ3) is 2.99. The van der Waals surface area contributed by atoms with Gasteiger partial charge < -0.3 is 10.8 Å². The van der Waals surface area contributed by atoms with E-state index in [-0.39, 0.29) is 12.4 Å². The minimum atomic E-state index is -1.30. The second-order valence-corrected chi connectivity index (χ2v) is 3.09. The zero-order valence-electron chi connectivity index (χ0n) is 6.62. The number of rotatable bonds is 1. The van der Waals surface area contributed by atoms with Gasteiger partial charge in [0.2, 0.25) is 0 Å². The van der Waals surface area contributed by atoms with Gasteiger partial charge in [-0.25, -0.2) is 0 Å². The monoisotopic (exact) mass is 207 g/mol. The molecule has 3 N–H and O–H groups in total. The molecule has 0 aromatic heterocycles. The molecule has 4 heteroatoms. The van der Waals surface area contributed by atoms with Crippen LogP contribution in [0.4, 0.5) is 0 Å². The van der Waals surface area contributed by atoms with Gasteiger partial charge >= 0.3 is 0 Å². The van der Waals surface area contributed by atoms with E-state index in [2.05, 4.69) is 0 Å². The third-order valence-corrected chi connectivity index (χ3v) is 1.64. The van der Waals surface area contributed by atoms with E-state index >= 15 is 0 Å². The van der Waals surface area contributed by atoms with Gasteiger partial charge in [0.25, 0.3) is 0 Å². The lowest BCUT2D eigenvalue weighted by Crippen LogP contribution is -2.32. The van der Waals surface area contributed by atoms with Crippen LogP contribution in [0, 0.1) is 0 Å². The van der Waals surface area contributed by atoms with E-state index in [9.17, 15) is 5.11 Å². The molecule has 2 nitrogen and oxygen atoms in total. The molecule has 1 unspecified atom stereocenters. The van der Waals surface area contributed by atoms with Crippen LogP contribution in [0.15, 0.2) is 24.3 Å². The molecule has 0 amide bonds. The summed E-state index contributed by atoms with van der Waals surface area (Å²) in [5.41, 5.74) is 4.74. The number of benzene rings is 1. The first-order chi connectivity index (χ1) is 5.00. The molecule has 0 aliphatic heterocycles. The van der Waals surface area contributed by atoms with Crippen molar-refractivity contribution in [3.63, 3.8) is 0 Å². The van der Waals surface area contributed by atoms with Gasteiger partial charge in [0.15, 0.2) is 0 Å².